The maximum absolute atomic E-state index is 10.3. The van der Waals surface area contributed by atoms with E-state index in [2.05, 4.69) is 9.55 Å². The number of imidazole rings is 1. The third kappa shape index (κ3) is 2.72. The van der Waals surface area contributed by atoms with Crippen LogP contribution in [-0.2, 0) is 0 Å². The first-order valence-corrected chi connectivity index (χ1v) is 8.06. The van der Waals surface area contributed by atoms with E-state index in [9.17, 15) is 5.11 Å². The molecular weight excluding hydrogens is 284 g/mol. The number of rotatable bonds is 3. The average Bonchev–Trinajstić information content (AvgIpc) is 2.76. The highest BCUT2D eigenvalue weighted by Crippen LogP contribution is 2.34. The molecular formula is C16H22N2O2S. The lowest BCUT2D eigenvalue weighted by molar-refractivity contribution is 0.0767. The van der Waals surface area contributed by atoms with E-state index in [4.69, 9.17) is 17.0 Å². The summed E-state index contributed by atoms with van der Waals surface area (Å²) in [6.07, 6.45) is 3.84. The van der Waals surface area contributed by atoms with Crippen molar-refractivity contribution in [1.82, 2.24) is 9.55 Å². The van der Waals surface area contributed by atoms with Gasteiger partial charge in [0.25, 0.3) is 0 Å². The molecule has 2 unspecified atom stereocenters. The minimum absolute atomic E-state index is 0.0642. The molecule has 2 atom stereocenters. The van der Waals surface area contributed by atoms with Gasteiger partial charge in [0.1, 0.15) is 11.3 Å². The molecule has 5 heteroatoms. The fourth-order valence-corrected chi connectivity index (χ4v) is 3.53. The normalized spacial score (nSPS) is 22.9. The molecule has 0 amide bonds. The van der Waals surface area contributed by atoms with E-state index < -0.39 is 0 Å². The Morgan fingerprint density at radius 2 is 2.10 bits per heavy atom. The van der Waals surface area contributed by atoms with Crippen molar-refractivity contribution in [1.29, 1.82) is 0 Å². The van der Waals surface area contributed by atoms with E-state index in [0.717, 1.165) is 42.5 Å². The van der Waals surface area contributed by atoms with Crippen molar-refractivity contribution in [3.63, 3.8) is 0 Å². The number of aromatic nitrogens is 2. The lowest BCUT2D eigenvalue weighted by Crippen LogP contribution is -2.27. The molecule has 0 spiro atoms. The van der Waals surface area contributed by atoms with Gasteiger partial charge in [0.15, 0.2) is 4.77 Å². The third-order valence-electron chi connectivity index (χ3n) is 4.10. The fourth-order valence-electron chi connectivity index (χ4n) is 3.20. The Balaban J connectivity index is 2.11. The van der Waals surface area contributed by atoms with Crippen molar-refractivity contribution in [3.8, 4) is 5.75 Å². The van der Waals surface area contributed by atoms with Gasteiger partial charge in [-0.3, -0.25) is 0 Å². The molecule has 1 aromatic carbocycles. The van der Waals surface area contributed by atoms with Gasteiger partial charge in [-0.25, -0.2) is 0 Å². The van der Waals surface area contributed by atoms with Crippen LogP contribution in [-0.4, -0.2) is 26.9 Å². The van der Waals surface area contributed by atoms with Crippen LogP contribution in [0.15, 0.2) is 18.2 Å². The van der Waals surface area contributed by atoms with Crippen LogP contribution in [0, 0.1) is 4.77 Å². The number of fused-ring (bicyclic) bond motifs is 1. The predicted octanol–water partition coefficient (Wildman–Crippen LogP) is 3.96. The predicted molar refractivity (Wildman–Crippen MR) is 86.4 cm³/mol. The van der Waals surface area contributed by atoms with Crippen molar-refractivity contribution in [3.05, 3.63) is 23.0 Å². The molecule has 3 rings (SSSR count). The Morgan fingerprint density at radius 1 is 1.33 bits per heavy atom. The molecule has 1 heterocycles. The van der Waals surface area contributed by atoms with Gasteiger partial charge in [-0.05, 0) is 51.0 Å². The summed E-state index contributed by atoms with van der Waals surface area (Å²) >= 11 is 5.50. The highest BCUT2D eigenvalue weighted by Gasteiger charge is 2.27. The highest BCUT2D eigenvalue weighted by atomic mass is 32.1. The van der Waals surface area contributed by atoms with Crippen molar-refractivity contribution in [2.24, 2.45) is 0 Å². The molecule has 1 fully saturated rings. The number of nitrogens with zero attached hydrogens (tertiary/aromatic N) is 1. The molecule has 114 valence electrons. The van der Waals surface area contributed by atoms with Gasteiger partial charge >= 0.3 is 0 Å². The van der Waals surface area contributed by atoms with Gasteiger partial charge < -0.3 is 19.4 Å². The second kappa shape index (κ2) is 5.81. The summed E-state index contributed by atoms with van der Waals surface area (Å²) in [6, 6.07) is 6.04. The van der Waals surface area contributed by atoms with E-state index in [1.807, 2.05) is 32.0 Å². The van der Waals surface area contributed by atoms with E-state index in [-0.39, 0.29) is 18.2 Å². The molecule has 1 aliphatic carbocycles. The number of aromatic amines is 1. The number of nitrogens with one attached hydrogen (secondary N) is 1. The van der Waals surface area contributed by atoms with Crippen LogP contribution in [0.25, 0.3) is 11.0 Å². The standard InChI is InChI=1S/C16H22N2O2S/c1-10(2)20-14-9-5-7-12-15(14)17-16(21)18(12)11-6-3-4-8-13(11)19/h5,7,9-11,13,19H,3-4,6,8H2,1-2H3,(H,17,21). The second-order valence-corrected chi connectivity index (χ2v) is 6.42. The summed E-state index contributed by atoms with van der Waals surface area (Å²) in [4.78, 5) is 3.26. The summed E-state index contributed by atoms with van der Waals surface area (Å²) < 4.78 is 8.59. The number of hydrogen-bond acceptors (Lipinski definition) is 3. The van der Waals surface area contributed by atoms with Crippen LogP contribution in [0.5, 0.6) is 5.75 Å². The molecule has 0 saturated heterocycles. The minimum atomic E-state index is -0.320. The van der Waals surface area contributed by atoms with Gasteiger partial charge in [-0.1, -0.05) is 18.9 Å². The maximum atomic E-state index is 10.3. The molecule has 4 nitrogen and oxygen atoms in total. The number of aliphatic hydroxyl groups is 1. The molecule has 1 saturated carbocycles. The Hall–Kier alpha value is -1.33. The van der Waals surface area contributed by atoms with Crippen LogP contribution in [0.4, 0.5) is 0 Å². The van der Waals surface area contributed by atoms with Crippen LogP contribution < -0.4 is 4.74 Å². The molecule has 0 aliphatic heterocycles. The lowest BCUT2D eigenvalue weighted by Gasteiger charge is -2.29. The molecule has 2 N–H and O–H groups in total. The van der Waals surface area contributed by atoms with Crippen molar-refractivity contribution < 1.29 is 9.84 Å². The molecule has 21 heavy (non-hydrogen) atoms. The molecule has 1 aromatic heterocycles. The zero-order valence-corrected chi connectivity index (χ0v) is 13.3. The molecule has 0 radical (unpaired) electrons. The van der Waals surface area contributed by atoms with Crippen LogP contribution in [0.1, 0.15) is 45.6 Å². The quantitative estimate of drug-likeness (QED) is 0.844. The van der Waals surface area contributed by atoms with Crippen molar-refractivity contribution in [2.45, 2.75) is 57.8 Å². The second-order valence-electron chi connectivity index (χ2n) is 6.04. The Labute approximate surface area is 129 Å². The van der Waals surface area contributed by atoms with Crippen LogP contribution in [0.2, 0.25) is 0 Å². The highest BCUT2D eigenvalue weighted by molar-refractivity contribution is 7.71. The monoisotopic (exact) mass is 306 g/mol. The van der Waals surface area contributed by atoms with Gasteiger partial charge in [-0.2, -0.15) is 0 Å². The molecule has 1 aliphatic rings. The van der Waals surface area contributed by atoms with Crippen LogP contribution in [0.3, 0.4) is 0 Å². The number of benzene rings is 1. The first-order chi connectivity index (χ1) is 10.1. The summed E-state index contributed by atoms with van der Waals surface area (Å²) in [5, 5.41) is 10.3. The Morgan fingerprint density at radius 3 is 2.81 bits per heavy atom. The number of hydrogen-bond donors (Lipinski definition) is 2. The summed E-state index contributed by atoms with van der Waals surface area (Å²) in [6.45, 7) is 4.02. The van der Waals surface area contributed by atoms with Gasteiger partial charge in [0.05, 0.1) is 23.8 Å². The zero-order chi connectivity index (χ0) is 15.0. The largest absolute Gasteiger partial charge is 0.489 e. The Kier molecular flexibility index (Phi) is 4.04. The van der Waals surface area contributed by atoms with Gasteiger partial charge in [0.2, 0.25) is 0 Å². The molecule has 2 aromatic rings. The summed E-state index contributed by atoms with van der Waals surface area (Å²) in [5.41, 5.74) is 1.94. The fraction of sp³-hybridized carbons (Fsp3) is 0.562. The first kappa shape index (κ1) is 14.6. The smallest absolute Gasteiger partial charge is 0.178 e. The number of para-hydroxylation sites is 1. The third-order valence-corrected chi connectivity index (χ3v) is 4.40. The SMILES string of the molecule is CC(C)Oc1cccc2c1[nH]c(=S)n2C1CCCCC1O. The van der Waals surface area contributed by atoms with Gasteiger partial charge in [0, 0.05) is 0 Å². The van der Waals surface area contributed by atoms with E-state index in [1.165, 1.54) is 0 Å². The van der Waals surface area contributed by atoms with Crippen molar-refractivity contribution in [2.75, 3.05) is 0 Å². The van der Waals surface area contributed by atoms with Gasteiger partial charge in [-0.15, -0.1) is 0 Å². The van der Waals surface area contributed by atoms with E-state index in [1.54, 1.807) is 0 Å². The lowest BCUT2D eigenvalue weighted by atomic mass is 9.92. The van der Waals surface area contributed by atoms with Crippen molar-refractivity contribution >= 4 is 23.3 Å². The number of ether oxygens (including phenoxy) is 1. The Bertz CT molecular complexity index is 689. The van der Waals surface area contributed by atoms with Crippen LogP contribution >= 0.6 is 12.2 Å². The molecule has 0 bridgehead atoms. The van der Waals surface area contributed by atoms with E-state index >= 15 is 0 Å². The topological polar surface area (TPSA) is 50.2 Å². The van der Waals surface area contributed by atoms with E-state index in [0.29, 0.717) is 4.77 Å². The summed E-state index contributed by atoms with van der Waals surface area (Å²) in [7, 11) is 0. The maximum Gasteiger partial charge on any atom is 0.178 e. The summed E-state index contributed by atoms with van der Waals surface area (Å²) in [5.74, 6) is 0.817. The average molecular weight is 306 g/mol. The zero-order valence-electron chi connectivity index (χ0n) is 12.5. The first-order valence-electron chi connectivity index (χ1n) is 7.66. The minimum Gasteiger partial charge on any atom is -0.489 e. The number of aliphatic hydroxyl groups excluding tert-OH is 1. The number of H-pyrrole nitrogens is 1.